The van der Waals surface area contributed by atoms with E-state index in [4.69, 9.17) is 14.2 Å². The van der Waals surface area contributed by atoms with Gasteiger partial charge in [0.25, 0.3) is 0 Å². The van der Waals surface area contributed by atoms with Crippen molar-refractivity contribution >= 4 is 30.7 Å². The van der Waals surface area contributed by atoms with Crippen LogP contribution in [0.4, 0.5) is 0 Å². The molecular weight excluding hydrogens is 405 g/mol. The van der Waals surface area contributed by atoms with Crippen molar-refractivity contribution < 1.29 is 19.0 Å². The van der Waals surface area contributed by atoms with Crippen molar-refractivity contribution in [3.05, 3.63) is 23.8 Å². The van der Waals surface area contributed by atoms with E-state index in [0.717, 1.165) is 49.7 Å². The first-order valence-corrected chi connectivity index (χ1v) is 9.18. The minimum absolute atomic E-state index is 0. The lowest BCUT2D eigenvalue weighted by Crippen LogP contribution is -2.57. The molecule has 2 aliphatic heterocycles. The number of benzene rings is 1. The summed E-state index contributed by atoms with van der Waals surface area (Å²) in [5, 5.41) is 6.41. The third kappa shape index (κ3) is 6.39. The topological polar surface area (TPSA) is 72.1 Å². The molecule has 0 radical (unpaired) electrons. The van der Waals surface area contributed by atoms with Gasteiger partial charge in [-0.2, -0.15) is 0 Å². The molecule has 2 saturated heterocycles. The highest BCUT2D eigenvalue weighted by molar-refractivity contribution is 5.85. The van der Waals surface area contributed by atoms with Crippen LogP contribution in [0.3, 0.4) is 0 Å². The number of methoxy groups -OCH3 is 2. The molecule has 160 valence electrons. The number of hydrogen-bond acceptors (Lipinski definition) is 6. The summed E-state index contributed by atoms with van der Waals surface area (Å²) in [4.78, 5) is 14.8. The predicted molar refractivity (Wildman–Crippen MR) is 113 cm³/mol. The molecule has 1 aromatic carbocycles. The van der Waals surface area contributed by atoms with Crippen LogP contribution in [0, 0.1) is 0 Å². The van der Waals surface area contributed by atoms with Gasteiger partial charge < -0.3 is 24.8 Å². The lowest BCUT2D eigenvalue weighted by molar-refractivity contribution is -0.129. The third-order valence-electron chi connectivity index (χ3n) is 5.04. The van der Waals surface area contributed by atoms with Crippen LogP contribution in [0.25, 0.3) is 0 Å². The molecule has 3 atom stereocenters. The SMILES string of the molecule is COc1cc(CN2CCC(NC(=O)[C@H]3NCCO[C@@H]3C)C2)cc(OC)c1.Cl.Cl. The molecule has 2 aliphatic rings. The van der Waals surface area contributed by atoms with E-state index < -0.39 is 0 Å². The Morgan fingerprint density at radius 2 is 1.93 bits per heavy atom. The number of halogens is 2. The maximum Gasteiger partial charge on any atom is 0.240 e. The van der Waals surface area contributed by atoms with Crippen molar-refractivity contribution in [3.63, 3.8) is 0 Å². The van der Waals surface area contributed by atoms with E-state index in [0.29, 0.717) is 6.61 Å². The zero-order chi connectivity index (χ0) is 18.5. The van der Waals surface area contributed by atoms with Crippen molar-refractivity contribution in [2.75, 3.05) is 40.5 Å². The number of nitrogens with one attached hydrogen (secondary N) is 2. The summed E-state index contributed by atoms with van der Waals surface area (Å²) in [5.74, 6) is 1.62. The summed E-state index contributed by atoms with van der Waals surface area (Å²) in [7, 11) is 3.31. The Kier molecular flexibility index (Phi) is 10.3. The fourth-order valence-corrected chi connectivity index (χ4v) is 3.63. The molecule has 0 aromatic heterocycles. The number of hydrogen-bond donors (Lipinski definition) is 2. The second kappa shape index (κ2) is 11.7. The first-order chi connectivity index (χ1) is 12.6. The van der Waals surface area contributed by atoms with E-state index in [-0.39, 0.29) is 48.9 Å². The quantitative estimate of drug-likeness (QED) is 0.706. The van der Waals surface area contributed by atoms with E-state index in [9.17, 15) is 4.79 Å². The van der Waals surface area contributed by atoms with Crippen LogP contribution in [0.1, 0.15) is 18.9 Å². The molecule has 0 aliphatic carbocycles. The summed E-state index contributed by atoms with van der Waals surface area (Å²) < 4.78 is 16.2. The maximum atomic E-state index is 12.5. The zero-order valence-corrected chi connectivity index (χ0v) is 18.2. The molecule has 7 nitrogen and oxygen atoms in total. The van der Waals surface area contributed by atoms with Crippen molar-refractivity contribution in [1.29, 1.82) is 0 Å². The Hall–Kier alpha value is -1.25. The molecule has 9 heteroatoms. The van der Waals surface area contributed by atoms with E-state index in [1.54, 1.807) is 14.2 Å². The molecular formula is C19H31Cl2N3O4. The Morgan fingerprint density at radius 1 is 1.25 bits per heavy atom. The summed E-state index contributed by atoms with van der Waals surface area (Å²) in [6.07, 6.45) is 0.861. The van der Waals surface area contributed by atoms with Crippen LogP contribution in [0.5, 0.6) is 11.5 Å². The van der Waals surface area contributed by atoms with E-state index in [1.165, 1.54) is 0 Å². The van der Waals surface area contributed by atoms with Crippen LogP contribution in [-0.2, 0) is 16.1 Å². The van der Waals surface area contributed by atoms with Gasteiger partial charge in [-0.1, -0.05) is 0 Å². The molecule has 0 bridgehead atoms. The Bertz CT molecular complexity index is 613. The molecule has 2 N–H and O–H groups in total. The number of carbonyl (C=O) groups excluding carboxylic acids is 1. The number of nitrogens with zero attached hydrogens (tertiary/aromatic N) is 1. The molecule has 2 heterocycles. The van der Waals surface area contributed by atoms with Gasteiger partial charge in [0, 0.05) is 38.3 Å². The van der Waals surface area contributed by atoms with Crippen LogP contribution < -0.4 is 20.1 Å². The summed E-state index contributed by atoms with van der Waals surface area (Å²) in [6, 6.07) is 5.83. The summed E-state index contributed by atoms with van der Waals surface area (Å²) in [5.41, 5.74) is 1.14. The molecule has 1 amide bonds. The first-order valence-electron chi connectivity index (χ1n) is 9.18. The fraction of sp³-hybridized carbons (Fsp3) is 0.632. The minimum Gasteiger partial charge on any atom is -0.497 e. The highest BCUT2D eigenvalue weighted by Crippen LogP contribution is 2.24. The van der Waals surface area contributed by atoms with Gasteiger partial charge in [-0.15, -0.1) is 24.8 Å². The van der Waals surface area contributed by atoms with Gasteiger partial charge in [0.15, 0.2) is 0 Å². The van der Waals surface area contributed by atoms with Gasteiger partial charge in [-0.05, 0) is 31.0 Å². The van der Waals surface area contributed by atoms with Crippen LogP contribution >= 0.6 is 24.8 Å². The van der Waals surface area contributed by atoms with Crippen molar-refractivity contribution in [3.8, 4) is 11.5 Å². The van der Waals surface area contributed by atoms with Crippen LogP contribution in [0.15, 0.2) is 18.2 Å². The summed E-state index contributed by atoms with van der Waals surface area (Å²) >= 11 is 0. The highest BCUT2D eigenvalue weighted by Gasteiger charge is 2.31. The van der Waals surface area contributed by atoms with E-state index in [2.05, 4.69) is 15.5 Å². The maximum absolute atomic E-state index is 12.5. The first kappa shape index (κ1) is 24.8. The normalized spacial score (nSPS) is 24.6. The number of amides is 1. The van der Waals surface area contributed by atoms with E-state index >= 15 is 0 Å². The molecule has 1 unspecified atom stereocenters. The van der Waals surface area contributed by atoms with Gasteiger partial charge in [-0.3, -0.25) is 9.69 Å². The van der Waals surface area contributed by atoms with Crippen LogP contribution in [0.2, 0.25) is 0 Å². The number of morpholine rings is 1. The van der Waals surface area contributed by atoms with Gasteiger partial charge in [0.2, 0.25) is 5.91 Å². The number of likely N-dealkylation sites (tertiary alicyclic amines) is 1. The average molecular weight is 436 g/mol. The van der Waals surface area contributed by atoms with Gasteiger partial charge >= 0.3 is 0 Å². The number of ether oxygens (including phenoxy) is 3. The second-order valence-corrected chi connectivity index (χ2v) is 6.96. The van der Waals surface area contributed by atoms with Crippen molar-refractivity contribution in [1.82, 2.24) is 15.5 Å². The average Bonchev–Trinajstić information content (AvgIpc) is 3.08. The summed E-state index contributed by atoms with van der Waals surface area (Å²) in [6.45, 7) is 5.92. The predicted octanol–water partition coefficient (Wildman–Crippen LogP) is 1.61. The van der Waals surface area contributed by atoms with Crippen molar-refractivity contribution in [2.24, 2.45) is 0 Å². The standard InChI is InChI=1S/C19H29N3O4.2ClH/c1-13-18(20-5-7-26-13)19(23)21-15-4-6-22(12-15)11-14-8-16(24-2)10-17(9-14)25-3;;/h8-10,13,15,18,20H,4-7,11-12H2,1-3H3,(H,21,23);2*1H/t13-,15?,18+;;/m1../s1. The third-order valence-corrected chi connectivity index (χ3v) is 5.04. The van der Waals surface area contributed by atoms with Crippen LogP contribution in [-0.4, -0.2) is 69.5 Å². The molecule has 28 heavy (non-hydrogen) atoms. The lowest BCUT2D eigenvalue weighted by atomic mass is 10.1. The van der Waals surface area contributed by atoms with Crippen molar-refractivity contribution in [2.45, 2.75) is 38.1 Å². The molecule has 0 spiro atoms. The van der Waals surface area contributed by atoms with Gasteiger partial charge in [0.05, 0.1) is 26.9 Å². The molecule has 2 fully saturated rings. The zero-order valence-electron chi connectivity index (χ0n) is 16.6. The smallest absolute Gasteiger partial charge is 0.240 e. The Morgan fingerprint density at radius 3 is 2.54 bits per heavy atom. The second-order valence-electron chi connectivity index (χ2n) is 6.96. The molecule has 1 aromatic rings. The Labute approximate surface area is 179 Å². The lowest BCUT2D eigenvalue weighted by Gasteiger charge is -2.30. The number of carbonyl (C=O) groups is 1. The Balaban J connectivity index is 0.00000196. The monoisotopic (exact) mass is 435 g/mol. The van der Waals surface area contributed by atoms with Gasteiger partial charge in [-0.25, -0.2) is 0 Å². The number of rotatable bonds is 6. The minimum atomic E-state index is -0.263. The largest absolute Gasteiger partial charge is 0.497 e. The fourth-order valence-electron chi connectivity index (χ4n) is 3.63. The molecule has 0 saturated carbocycles. The van der Waals surface area contributed by atoms with Gasteiger partial charge in [0.1, 0.15) is 17.5 Å². The molecule has 3 rings (SSSR count). The van der Waals surface area contributed by atoms with E-state index in [1.807, 2.05) is 25.1 Å². The highest BCUT2D eigenvalue weighted by atomic mass is 35.5.